The predicted molar refractivity (Wildman–Crippen MR) is 85.3 cm³/mol. The van der Waals surface area contributed by atoms with Crippen molar-refractivity contribution in [1.82, 2.24) is 0 Å². The Hall–Kier alpha value is -1.86. The largest absolute Gasteiger partial charge is 0.477 e. The van der Waals surface area contributed by atoms with E-state index in [0.717, 1.165) is 30.6 Å². The highest BCUT2D eigenvalue weighted by Gasteiger charge is 2.22. The van der Waals surface area contributed by atoms with Gasteiger partial charge in [-0.2, -0.15) is 0 Å². The third-order valence-corrected chi connectivity index (χ3v) is 6.78. The average Bonchev–Trinajstić information content (AvgIpc) is 3.04. The van der Waals surface area contributed by atoms with E-state index in [1.807, 2.05) is 12.1 Å². The van der Waals surface area contributed by atoms with Gasteiger partial charge in [0, 0.05) is 5.69 Å². The third-order valence-electron chi connectivity index (χ3n) is 3.70. The number of hydrogen-bond acceptors (Lipinski definition) is 4. The first-order valence-electron chi connectivity index (χ1n) is 6.85. The highest BCUT2D eigenvalue weighted by atomic mass is 32.2. The Labute approximate surface area is 132 Å². The molecule has 0 saturated heterocycles. The standard InChI is InChI=1S/C15H15NO4S2/c1-9-7-13(21-14(9)15(17)18)22(19,20)16-12-6-5-10-3-2-4-11(10)8-12/h5-8,16H,2-4H2,1H3,(H,17,18). The predicted octanol–water partition coefficient (Wildman–Crippen LogP) is 3.04. The maximum atomic E-state index is 12.4. The zero-order valence-corrected chi connectivity index (χ0v) is 13.6. The van der Waals surface area contributed by atoms with E-state index in [0.29, 0.717) is 11.3 Å². The van der Waals surface area contributed by atoms with E-state index in [-0.39, 0.29) is 9.09 Å². The quantitative estimate of drug-likeness (QED) is 0.898. The third kappa shape index (κ3) is 2.74. The number of rotatable bonds is 4. The maximum absolute atomic E-state index is 12.4. The van der Waals surface area contributed by atoms with Crippen LogP contribution < -0.4 is 4.72 Å². The number of carboxylic acids is 1. The number of carboxylic acid groups (broad SMARTS) is 1. The lowest BCUT2D eigenvalue weighted by Gasteiger charge is -2.08. The van der Waals surface area contributed by atoms with Gasteiger partial charge in [-0.3, -0.25) is 4.72 Å². The Bertz CT molecular complexity index is 852. The number of aromatic carboxylic acids is 1. The molecule has 0 bridgehead atoms. The molecule has 3 rings (SSSR count). The lowest BCUT2D eigenvalue weighted by Crippen LogP contribution is -2.11. The van der Waals surface area contributed by atoms with Crippen LogP contribution in [0, 0.1) is 6.92 Å². The van der Waals surface area contributed by atoms with Crippen molar-refractivity contribution in [2.45, 2.75) is 30.4 Å². The molecule has 0 fully saturated rings. The second kappa shape index (κ2) is 5.40. The normalized spacial score (nSPS) is 13.9. The van der Waals surface area contributed by atoms with E-state index in [9.17, 15) is 13.2 Å². The Morgan fingerprint density at radius 2 is 1.95 bits per heavy atom. The molecular formula is C15H15NO4S2. The van der Waals surface area contributed by atoms with Crippen molar-refractivity contribution < 1.29 is 18.3 Å². The first kappa shape index (κ1) is 15.1. The van der Waals surface area contributed by atoms with E-state index in [2.05, 4.69) is 4.72 Å². The molecule has 0 unspecified atom stereocenters. The molecule has 0 radical (unpaired) electrons. The summed E-state index contributed by atoms with van der Waals surface area (Å²) in [6.07, 6.45) is 3.10. The summed E-state index contributed by atoms with van der Waals surface area (Å²) in [5.41, 5.74) is 3.41. The number of thiophene rings is 1. The number of fused-ring (bicyclic) bond motifs is 1. The summed E-state index contributed by atoms with van der Waals surface area (Å²) in [6.45, 7) is 1.59. The maximum Gasteiger partial charge on any atom is 0.346 e. The number of aryl methyl sites for hydroxylation is 3. The fourth-order valence-corrected chi connectivity index (χ4v) is 5.07. The van der Waals surface area contributed by atoms with Gasteiger partial charge in [-0.15, -0.1) is 11.3 Å². The second-order valence-corrected chi connectivity index (χ2v) is 8.29. The van der Waals surface area contributed by atoms with Crippen LogP contribution in [0.1, 0.15) is 32.8 Å². The van der Waals surface area contributed by atoms with Crippen LogP contribution in [-0.4, -0.2) is 19.5 Å². The number of hydrogen-bond donors (Lipinski definition) is 2. The Balaban J connectivity index is 1.90. The Morgan fingerprint density at radius 3 is 2.64 bits per heavy atom. The van der Waals surface area contributed by atoms with Gasteiger partial charge in [0.05, 0.1) is 0 Å². The fourth-order valence-electron chi connectivity index (χ4n) is 2.64. The molecule has 1 aromatic heterocycles. The zero-order chi connectivity index (χ0) is 15.9. The summed E-state index contributed by atoms with van der Waals surface area (Å²) in [5, 5.41) is 9.04. The first-order valence-corrected chi connectivity index (χ1v) is 9.15. The highest BCUT2D eigenvalue weighted by molar-refractivity contribution is 7.94. The van der Waals surface area contributed by atoms with Crippen LogP contribution in [0.2, 0.25) is 0 Å². The molecule has 22 heavy (non-hydrogen) atoms. The molecule has 0 amide bonds. The molecule has 116 valence electrons. The lowest BCUT2D eigenvalue weighted by atomic mass is 10.1. The van der Waals surface area contributed by atoms with Gasteiger partial charge in [0.25, 0.3) is 10.0 Å². The molecule has 1 aromatic carbocycles. The molecule has 1 aliphatic carbocycles. The summed E-state index contributed by atoms with van der Waals surface area (Å²) in [7, 11) is -3.76. The fraction of sp³-hybridized carbons (Fsp3) is 0.267. The molecular weight excluding hydrogens is 322 g/mol. The smallest absolute Gasteiger partial charge is 0.346 e. The average molecular weight is 337 g/mol. The minimum atomic E-state index is -3.76. The minimum absolute atomic E-state index is 0.0166. The van der Waals surface area contributed by atoms with Gasteiger partial charge in [-0.25, -0.2) is 13.2 Å². The molecule has 0 atom stereocenters. The van der Waals surface area contributed by atoms with Crippen LogP contribution in [0.25, 0.3) is 0 Å². The van der Waals surface area contributed by atoms with Gasteiger partial charge in [0.2, 0.25) is 0 Å². The van der Waals surface area contributed by atoms with Crippen molar-refractivity contribution in [3.8, 4) is 0 Å². The van der Waals surface area contributed by atoms with E-state index >= 15 is 0 Å². The molecule has 2 aromatic rings. The first-order chi connectivity index (χ1) is 10.4. The van der Waals surface area contributed by atoms with Crippen LogP contribution in [0.5, 0.6) is 0 Å². The number of anilines is 1. The molecule has 1 heterocycles. The highest BCUT2D eigenvalue weighted by Crippen LogP contribution is 2.29. The van der Waals surface area contributed by atoms with Gasteiger partial charge >= 0.3 is 5.97 Å². The Morgan fingerprint density at radius 1 is 1.23 bits per heavy atom. The van der Waals surface area contributed by atoms with Crippen LogP contribution >= 0.6 is 11.3 Å². The van der Waals surface area contributed by atoms with Gasteiger partial charge in [-0.1, -0.05) is 6.07 Å². The van der Waals surface area contributed by atoms with Crippen molar-refractivity contribution in [2.75, 3.05) is 4.72 Å². The van der Waals surface area contributed by atoms with Crippen LogP contribution in [0.15, 0.2) is 28.5 Å². The van der Waals surface area contributed by atoms with Crippen LogP contribution in [0.4, 0.5) is 5.69 Å². The number of carbonyl (C=O) groups is 1. The molecule has 7 heteroatoms. The molecule has 0 aliphatic heterocycles. The van der Waals surface area contributed by atoms with Gasteiger partial charge in [0.1, 0.15) is 9.09 Å². The van der Waals surface area contributed by atoms with Crippen molar-refractivity contribution in [3.05, 3.63) is 45.8 Å². The van der Waals surface area contributed by atoms with Crippen LogP contribution in [0.3, 0.4) is 0 Å². The second-order valence-electron chi connectivity index (χ2n) is 5.33. The van der Waals surface area contributed by atoms with Crippen molar-refractivity contribution in [1.29, 1.82) is 0 Å². The van der Waals surface area contributed by atoms with E-state index in [4.69, 9.17) is 5.11 Å². The SMILES string of the molecule is Cc1cc(S(=O)(=O)Nc2ccc3c(c2)CCC3)sc1C(=O)O. The minimum Gasteiger partial charge on any atom is -0.477 e. The molecule has 0 saturated carbocycles. The van der Waals surface area contributed by atoms with Crippen molar-refractivity contribution in [2.24, 2.45) is 0 Å². The molecule has 5 nitrogen and oxygen atoms in total. The number of nitrogens with one attached hydrogen (secondary N) is 1. The number of sulfonamides is 1. The molecule has 2 N–H and O–H groups in total. The summed E-state index contributed by atoms with van der Waals surface area (Å²) < 4.78 is 27.3. The van der Waals surface area contributed by atoms with E-state index < -0.39 is 16.0 Å². The van der Waals surface area contributed by atoms with Gasteiger partial charge in [-0.05, 0) is 61.1 Å². The van der Waals surface area contributed by atoms with Gasteiger partial charge in [0.15, 0.2) is 0 Å². The van der Waals surface area contributed by atoms with E-state index in [1.165, 1.54) is 17.2 Å². The summed E-state index contributed by atoms with van der Waals surface area (Å²) in [5.74, 6) is -1.11. The topological polar surface area (TPSA) is 83.5 Å². The van der Waals surface area contributed by atoms with Crippen molar-refractivity contribution >= 4 is 33.0 Å². The van der Waals surface area contributed by atoms with Crippen LogP contribution in [-0.2, 0) is 22.9 Å². The monoisotopic (exact) mass is 337 g/mol. The summed E-state index contributed by atoms with van der Waals surface area (Å²) >= 11 is 0.769. The molecule has 1 aliphatic rings. The zero-order valence-electron chi connectivity index (χ0n) is 11.9. The summed E-state index contributed by atoms with van der Waals surface area (Å²) in [6, 6.07) is 6.95. The Kier molecular flexibility index (Phi) is 3.70. The van der Waals surface area contributed by atoms with E-state index in [1.54, 1.807) is 13.0 Å². The molecule has 0 spiro atoms. The summed E-state index contributed by atoms with van der Waals surface area (Å²) in [4.78, 5) is 11.1. The van der Waals surface area contributed by atoms with Gasteiger partial charge < -0.3 is 5.11 Å². The number of benzene rings is 1. The lowest BCUT2D eigenvalue weighted by molar-refractivity contribution is 0.0701. The van der Waals surface area contributed by atoms with Crippen molar-refractivity contribution in [3.63, 3.8) is 0 Å².